The van der Waals surface area contributed by atoms with Crippen LogP contribution in [0.15, 0.2) is 30.3 Å². The van der Waals surface area contributed by atoms with Gasteiger partial charge in [-0.15, -0.1) is 0 Å². The number of carbonyl (C=O) groups is 1. The van der Waals surface area contributed by atoms with E-state index in [1.165, 1.54) is 0 Å². The van der Waals surface area contributed by atoms with E-state index in [0.717, 1.165) is 24.4 Å². The fourth-order valence-electron chi connectivity index (χ4n) is 2.98. The summed E-state index contributed by atoms with van der Waals surface area (Å²) in [4.78, 5) is 18.8. The van der Waals surface area contributed by atoms with E-state index >= 15 is 0 Å². The first-order valence-electron chi connectivity index (χ1n) is 8.15. The highest BCUT2D eigenvalue weighted by Gasteiger charge is 2.34. The summed E-state index contributed by atoms with van der Waals surface area (Å²) in [6, 6.07) is 9.69. The van der Waals surface area contributed by atoms with Crippen molar-refractivity contribution in [1.82, 2.24) is 25.4 Å². The molecule has 1 aliphatic heterocycles. The molecule has 0 spiro atoms. The minimum atomic E-state index is -0.121. The zero-order valence-corrected chi connectivity index (χ0v) is 14.0. The lowest BCUT2D eigenvalue weighted by atomic mass is 10.2. The quantitative estimate of drug-likeness (QED) is 0.821. The van der Waals surface area contributed by atoms with Gasteiger partial charge in [-0.1, -0.05) is 30.3 Å². The molecule has 2 N–H and O–H groups in total. The van der Waals surface area contributed by atoms with Crippen LogP contribution in [0.5, 0.6) is 0 Å². The maximum absolute atomic E-state index is 12.3. The molecule has 1 aliphatic rings. The number of methoxy groups -OCH3 is 1. The van der Waals surface area contributed by atoms with Crippen molar-refractivity contribution in [3.8, 4) is 11.4 Å². The monoisotopic (exact) mass is 329 g/mol. The van der Waals surface area contributed by atoms with Crippen LogP contribution < -0.4 is 5.32 Å². The first-order chi connectivity index (χ1) is 11.7. The van der Waals surface area contributed by atoms with Gasteiger partial charge in [0.2, 0.25) is 5.91 Å². The Kier molecular flexibility index (Phi) is 5.22. The Morgan fingerprint density at radius 3 is 2.92 bits per heavy atom. The molecule has 0 aliphatic carbocycles. The van der Waals surface area contributed by atoms with Crippen LogP contribution in [0.25, 0.3) is 11.4 Å². The van der Waals surface area contributed by atoms with E-state index in [2.05, 4.69) is 20.5 Å². The number of nitrogens with one attached hydrogen (secondary N) is 2. The molecule has 0 radical (unpaired) electrons. The molecule has 1 saturated heterocycles. The summed E-state index contributed by atoms with van der Waals surface area (Å²) in [5.74, 6) is 1.49. The summed E-state index contributed by atoms with van der Waals surface area (Å²) in [7, 11) is 3.64. The van der Waals surface area contributed by atoms with Crippen LogP contribution in [0.3, 0.4) is 0 Å². The number of benzene rings is 1. The Morgan fingerprint density at radius 1 is 1.42 bits per heavy atom. The number of H-pyrrole nitrogens is 1. The molecule has 2 aromatic rings. The molecule has 0 bridgehead atoms. The first-order valence-corrected chi connectivity index (χ1v) is 8.15. The van der Waals surface area contributed by atoms with Crippen molar-refractivity contribution in [3.05, 3.63) is 36.2 Å². The lowest BCUT2D eigenvalue weighted by molar-refractivity contribution is -0.125. The van der Waals surface area contributed by atoms with Crippen molar-refractivity contribution in [1.29, 1.82) is 0 Å². The third-order valence-corrected chi connectivity index (χ3v) is 4.37. The Hall–Kier alpha value is -2.25. The molecule has 7 nitrogen and oxygen atoms in total. The summed E-state index contributed by atoms with van der Waals surface area (Å²) < 4.78 is 5.34. The summed E-state index contributed by atoms with van der Waals surface area (Å²) in [5, 5.41) is 10.1. The van der Waals surface area contributed by atoms with Crippen molar-refractivity contribution < 1.29 is 9.53 Å². The number of aromatic nitrogens is 3. The number of aromatic amines is 1. The lowest BCUT2D eigenvalue weighted by Crippen LogP contribution is -2.42. The number of likely N-dealkylation sites (N-methyl/N-ethyl adjacent to an activating group) is 1. The van der Waals surface area contributed by atoms with Crippen LogP contribution >= 0.6 is 0 Å². The second kappa shape index (κ2) is 7.55. The Morgan fingerprint density at radius 2 is 2.21 bits per heavy atom. The molecular formula is C17H23N5O2. The summed E-state index contributed by atoms with van der Waals surface area (Å²) in [6.07, 6.45) is 1.49. The molecule has 1 aromatic heterocycles. The summed E-state index contributed by atoms with van der Waals surface area (Å²) in [6.45, 7) is 1.32. The molecule has 24 heavy (non-hydrogen) atoms. The number of ether oxygens (including phenoxy) is 1. The van der Waals surface area contributed by atoms with Gasteiger partial charge in [0.25, 0.3) is 0 Å². The van der Waals surface area contributed by atoms with E-state index in [1.807, 2.05) is 42.3 Å². The van der Waals surface area contributed by atoms with Gasteiger partial charge in [-0.25, -0.2) is 4.98 Å². The highest BCUT2D eigenvalue weighted by Crippen LogP contribution is 2.18. The predicted molar refractivity (Wildman–Crippen MR) is 90.4 cm³/mol. The van der Waals surface area contributed by atoms with E-state index in [-0.39, 0.29) is 18.1 Å². The normalized spacial score (nSPS) is 21.1. The molecule has 2 heterocycles. The Labute approximate surface area is 141 Å². The number of nitrogens with zero attached hydrogens (tertiary/aromatic N) is 3. The second-order valence-electron chi connectivity index (χ2n) is 6.06. The zero-order chi connectivity index (χ0) is 16.9. The Bertz CT molecular complexity index is 673. The van der Waals surface area contributed by atoms with Gasteiger partial charge in [0.1, 0.15) is 5.82 Å². The largest absolute Gasteiger partial charge is 0.380 e. The van der Waals surface area contributed by atoms with Crippen molar-refractivity contribution in [2.45, 2.75) is 25.0 Å². The number of hydrogen-bond donors (Lipinski definition) is 2. The summed E-state index contributed by atoms with van der Waals surface area (Å²) >= 11 is 0. The highest BCUT2D eigenvalue weighted by atomic mass is 16.5. The minimum Gasteiger partial charge on any atom is -0.380 e. The van der Waals surface area contributed by atoms with E-state index in [4.69, 9.17) is 4.74 Å². The molecule has 7 heteroatoms. The van der Waals surface area contributed by atoms with Gasteiger partial charge in [0.15, 0.2) is 5.82 Å². The van der Waals surface area contributed by atoms with E-state index < -0.39 is 0 Å². The van der Waals surface area contributed by atoms with E-state index in [9.17, 15) is 4.79 Å². The van der Waals surface area contributed by atoms with Crippen LogP contribution in [-0.4, -0.2) is 65.4 Å². The molecule has 1 aromatic carbocycles. The van der Waals surface area contributed by atoms with Gasteiger partial charge < -0.3 is 10.1 Å². The maximum Gasteiger partial charge on any atom is 0.237 e. The van der Waals surface area contributed by atoms with Gasteiger partial charge in [-0.2, -0.15) is 5.10 Å². The molecule has 1 fully saturated rings. The topological polar surface area (TPSA) is 83.1 Å². The summed E-state index contributed by atoms with van der Waals surface area (Å²) in [5.41, 5.74) is 0.974. The van der Waals surface area contributed by atoms with Crippen LogP contribution in [-0.2, 0) is 16.0 Å². The van der Waals surface area contributed by atoms with Gasteiger partial charge in [0.05, 0.1) is 12.1 Å². The van der Waals surface area contributed by atoms with E-state index in [1.54, 1.807) is 7.11 Å². The lowest BCUT2D eigenvalue weighted by Gasteiger charge is -2.17. The van der Waals surface area contributed by atoms with Crippen molar-refractivity contribution in [3.63, 3.8) is 0 Å². The smallest absolute Gasteiger partial charge is 0.237 e. The van der Waals surface area contributed by atoms with Crippen LogP contribution in [0.2, 0.25) is 0 Å². The second-order valence-corrected chi connectivity index (χ2v) is 6.06. The molecule has 0 saturated carbocycles. The molecule has 1 amide bonds. The SMILES string of the molecule is CO[C@H]1C[C@@H](C(=O)NCCc2nc(-c3ccccc3)n[nH]2)N(C)C1. The van der Waals surface area contributed by atoms with Crippen molar-refractivity contribution >= 4 is 5.91 Å². The first kappa shape index (κ1) is 16.6. The standard InChI is InChI=1S/C17H23N5O2/c1-22-11-13(24-2)10-14(22)17(23)18-9-8-15-19-16(21-20-15)12-6-4-3-5-7-12/h3-7,13-14H,8-11H2,1-2H3,(H,18,23)(H,19,20,21)/t13-,14-/m0/s1. The zero-order valence-electron chi connectivity index (χ0n) is 14.0. The van der Waals surface area contributed by atoms with Gasteiger partial charge in [-0.05, 0) is 13.5 Å². The van der Waals surface area contributed by atoms with Crippen molar-refractivity contribution in [2.24, 2.45) is 0 Å². The van der Waals surface area contributed by atoms with Gasteiger partial charge in [-0.3, -0.25) is 14.8 Å². The third-order valence-electron chi connectivity index (χ3n) is 4.37. The minimum absolute atomic E-state index is 0.0415. The van der Waals surface area contributed by atoms with Crippen molar-refractivity contribution in [2.75, 3.05) is 27.2 Å². The fraction of sp³-hybridized carbons (Fsp3) is 0.471. The maximum atomic E-state index is 12.3. The molecular weight excluding hydrogens is 306 g/mol. The Balaban J connectivity index is 1.48. The van der Waals surface area contributed by atoms with E-state index in [0.29, 0.717) is 18.8 Å². The number of rotatable bonds is 6. The average Bonchev–Trinajstić information content (AvgIpc) is 3.22. The highest BCUT2D eigenvalue weighted by molar-refractivity contribution is 5.82. The third kappa shape index (κ3) is 3.80. The molecule has 3 rings (SSSR count). The number of amides is 1. The predicted octanol–water partition coefficient (Wildman–Crippen LogP) is 0.849. The molecule has 128 valence electrons. The number of likely N-dealkylation sites (tertiary alicyclic amines) is 1. The van der Waals surface area contributed by atoms with Gasteiger partial charge in [0, 0.05) is 32.2 Å². The van der Waals surface area contributed by atoms with Crippen LogP contribution in [0.4, 0.5) is 0 Å². The number of carbonyl (C=O) groups excluding carboxylic acids is 1. The number of hydrogen-bond acceptors (Lipinski definition) is 5. The molecule has 2 atom stereocenters. The average molecular weight is 329 g/mol. The fourth-order valence-corrected chi connectivity index (χ4v) is 2.98. The molecule has 0 unspecified atom stereocenters. The van der Waals surface area contributed by atoms with Crippen LogP contribution in [0.1, 0.15) is 12.2 Å². The van der Waals surface area contributed by atoms with Gasteiger partial charge >= 0.3 is 0 Å². The van der Waals surface area contributed by atoms with Crippen LogP contribution in [0, 0.1) is 0 Å².